The lowest BCUT2D eigenvalue weighted by Gasteiger charge is -2.37. The van der Waals surface area contributed by atoms with Gasteiger partial charge in [-0.05, 0) is 29.5 Å². The maximum absolute atomic E-state index is 12.9. The zero-order valence-electron chi connectivity index (χ0n) is 13.3. The lowest BCUT2D eigenvalue weighted by atomic mass is 9.73. The fourth-order valence-corrected chi connectivity index (χ4v) is 4.55. The number of rotatable bonds is 2. The number of carbonyl (C=O) groups excluding carboxylic acids is 1. The third kappa shape index (κ3) is 2.42. The summed E-state index contributed by atoms with van der Waals surface area (Å²) in [7, 11) is 0. The highest BCUT2D eigenvalue weighted by atomic mass is 32.2. The molecule has 0 fully saturated rings. The fraction of sp³-hybridized carbons (Fsp3) is 0.438. The number of thiophene rings is 1. The molecule has 3 heterocycles. The number of anilines is 1. The molecule has 1 aliphatic heterocycles. The summed E-state index contributed by atoms with van der Waals surface area (Å²) in [5, 5.41) is 10.7. The van der Waals surface area contributed by atoms with Gasteiger partial charge in [-0.25, -0.2) is 4.68 Å². The van der Waals surface area contributed by atoms with Crippen molar-refractivity contribution in [3.05, 3.63) is 33.7 Å². The van der Waals surface area contributed by atoms with Crippen LogP contribution in [0.2, 0.25) is 0 Å². The first-order chi connectivity index (χ1) is 11.0. The Hall–Kier alpha value is -1.60. The number of carbonyl (C=O) groups is 1. The minimum atomic E-state index is -0.154. The Morgan fingerprint density at radius 3 is 2.96 bits per heavy atom. The van der Waals surface area contributed by atoms with Gasteiger partial charge in [0.25, 0.3) is 0 Å². The Morgan fingerprint density at radius 2 is 2.26 bits per heavy atom. The summed E-state index contributed by atoms with van der Waals surface area (Å²) in [6.45, 7) is 4.28. The van der Waals surface area contributed by atoms with Gasteiger partial charge in [0.2, 0.25) is 11.1 Å². The summed E-state index contributed by atoms with van der Waals surface area (Å²) in [4.78, 5) is 18.6. The van der Waals surface area contributed by atoms with E-state index in [9.17, 15) is 4.79 Å². The molecule has 0 saturated heterocycles. The minimum Gasteiger partial charge on any atom is -0.328 e. The Morgan fingerprint density at radius 1 is 1.43 bits per heavy atom. The number of ketones is 1. The molecular formula is C16H18N4OS2. The summed E-state index contributed by atoms with van der Waals surface area (Å²) in [5.41, 5.74) is 1.85. The van der Waals surface area contributed by atoms with Gasteiger partial charge in [-0.3, -0.25) is 4.79 Å². The topological polar surface area (TPSA) is 59.8 Å². The van der Waals surface area contributed by atoms with E-state index in [1.165, 1.54) is 11.8 Å². The average molecular weight is 346 g/mol. The third-order valence-corrected chi connectivity index (χ3v) is 5.77. The highest BCUT2D eigenvalue weighted by Gasteiger charge is 2.42. The van der Waals surface area contributed by atoms with Gasteiger partial charge in [-0.1, -0.05) is 31.7 Å². The predicted octanol–water partition coefficient (Wildman–Crippen LogP) is 3.72. The lowest BCUT2D eigenvalue weighted by Crippen LogP contribution is -2.36. The monoisotopic (exact) mass is 346 g/mol. The van der Waals surface area contributed by atoms with Gasteiger partial charge in [-0.2, -0.15) is 4.98 Å². The van der Waals surface area contributed by atoms with Crippen molar-refractivity contribution in [3.8, 4) is 0 Å². The molecule has 23 heavy (non-hydrogen) atoms. The Bertz CT molecular complexity index is 804. The molecule has 2 aliphatic rings. The van der Waals surface area contributed by atoms with Crippen LogP contribution in [-0.2, 0) is 4.79 Å². The van der Waals surface area contributed by atoms with Crippen molar-refractivity contribution < 1.29 is 4.79 Å². The highest BCUT2D eigenvalue weighted by Crippen LogP contribution is 2.46. The zero-order chi connectivity index (χ0) is 16.2. The quantitative estimate of drug-likeness (QED) is 0.840. The molecule has 2 aromatic heterocycles. The van der Waals surface area contributed by atoms with E-state index in [-0.39, 0.29) is 17.2 Å². The van der Waals surface area contributed by atoms with Crippen LogP contribution in [-0.4, -0.2) is 26.8 Å². The predicted molar refractivity (Wildman–Crippen MR) is 92.9 cm³/mol. The van der Waals surface area contributed by atoms with E-state index in [2.05, 4.69) is 35.3 Å². The second-order valence-electron chi connectivity index (χ2n) is 6.74. The first-order valence-corrected chi connectivity index (χ1v) is 9.66. The minimum absolute atomic E-state index is 0.0204. The normalized spacial score (nSPS) is 22.6. The Balaban J connectivity index is 1.90. The molecule has 7 heteroatoms. The van der Waals surface area contributed by atoms with E-state index in [1.54, 1.807) is 11.3 Å². The largest absolute Gasteiger partial charge is 0.328 e. The summed E-state index contributed by atoms with van der Waals surface area (Å²) in [6.07, 6.45) is 3.40. The molecule has 4 rings (SSSR count). The maximum atomic E-state index is 12.9. The van der Waals surface area contributed by atoms with Gasteiger partial charge in [0, 0.05) is 22.6 Å². The molecule has 1 unspecified atom stereocenters. The summed E-state index contributed by atoms with van der Waals surface area (Å²) >= 11 is 3.17. The van der Waals surface area contributed by atoms with Crippen molar-refractivity contribution in [2.45, 2.75) is 37.9 Å². The van der Waals surface area contributed by atoms with E-state index >= 15 is 0 Å². The zero-order valence-corrected chi connectivity index (χ0v) is 14.9. The number of nitrogens with one attached hydrogen (secondary N) is 1. The Labute approximate surface area is 143 Å². The average Bonchev–Trinajstić information content (AvgIpc) is 3.12. The van der Waals surface area contributed by atoms with Crippen LogP contribution < -0.4 is 5.32 Å². The van der Waals surface area contributed by atoms with Crippen LogP contribution in [0.4, 0.5) is 5.95 Å². The lowest BCUT2D eigenvalue weighted by molar-refractivity contribution is -0.118. The van der Waals surface area contributed by atoms with Crippen LogP contribution in [0, 0.1) is 5.41 Å². The van der Waals surface area contributed by atoms with Crippen molar-refractivity contribution in [2.75, 3.05) is 11.6 Å². The van der Waals surface area contributed by atoms with Crippen molar-refractivity contribution in [1.29, 1.82) is 0 Å². The summed E-state index contributed by atoms with van der Waals surface area (Å²) in [5.74, 6) is 0.950. The van der Waals surface area contributed by atoms with E-state index in [4.69, 9.17) is 0 Å². The molecule has 0 amide bonds. The van der Waals surface area contributed by atoms with Crippen LogP contribution in [0.5, 0.6) is 0 Å². The number of hydrogen-bond donors (Lipinski definition) is 1. The van der Waals surface area contributed by atoms with Crippen LogP contribution in [0.25, 0.3) is 0 Å². The molecule has 1 aliphatic carbocycles. The van der Waals surface area contributed by atoms with Gasteiger partial charge in [-0.15, -0.1) is 16.4 Å². The van der Waals surface area contributed by atoms with Gasteiger partial charge < -0.3 is 5.32 Å². The van der Waals surface area contributed by atoms with E-state index in [1.807, 2.05) is 22.4 Å². The number of nitrogens with zero attached hydrogens (tertiary/aromatic N) is 3. The summed E-state index contributed by atoms with van der Waals surface area (Å²) < 4.78 is 1.87. The van der Waals surface area contributed by atoms with Crippen molar-refractivity contribution in [2.24, 2.45) is 5.41 Å². The summed E-state index contributed by atoms with van der Waals surface area (Å²) in [6, 6.07) is 3.94. The van der Waals surface area contributed by atoms with Crippen LogP contribution in [0.15, 0.2) is 33.9 Å². The number of allylic oxidation sites excluding steroid dienone is 2. The van der Waals surface area contributed by atoms with Crippen molar-refractivity contribution >= 4 is 34.8 Å². The van der Waals surface area contributed by atoms with Gasteiger partial charge in [0.05, 0.1) is 0 Å². The number of hydrogen-bond acceptors (Lipinski definition) is 6. The third-order valence-electron chi connectivity index (χ3n) is 4.31. The first-order valence-electron chi connectivity index (χ1n) is 7.56. The molecule has 2 aromatic rings. The number of fused-ring (bicyclic) bond motifs is 1. The van der Waals surface area contributed by atoms with Crippen molar-refractivity contribution in [3.63, 3.8) is 0 Å². The molecule has 1 atom stereocenters. The second-order valence-corrected chi connectivity index (χ2v) is 8.50. The molecule has 0 aromatic carbocycles. The van der Waals surface area contributed by atoms with Gasteiger partial charge in [0.1, 0.15) is 6.04 Å². The number of aromatic nitrogens is 3. The first kappa shape index (κ1) is 15.0. The molecule has 120 valence electrons. The number of thioether (sulfide) groups is 1. The number of Topliss-reactive ketones (excluding diaryl/α,β-unsaturated/α-hetero) is 1. The van der Waals surface area contributed by atoms with Crippen LogP contribution in [0.1, 0.15) is 37.6 Å². The standard InChI is InChI=1S/C16H18N4OS2/c1-16(2)7-9-12(10(21)8-16)13(11-5-4-6-23-11)20-14(17-9)18-15(19-20)22-3/h4-6,13H,7-8H2,1-3H3,(H,17,18,19). The highest BCUT2D eigenvalue weighted by molar-refractivity contribution is 7.98. The molecule has 1 N–H and O–H groups in total. The fourth-order valence-electron chi connectivity index (χ4n) is 3.39. The Kier molecular flexibility index (Phi) is 3.39. The SMILES string of the molecule is CSc1nc2n(n1)C(c1cccs1)C1=C(CC(C)(C)CC1=O)N2. The molecule has 0 spiro atoms. The van der Waals surface area contributed by atoms with Crippen molar-refractivity contribution in [1.82, 2.24) is 14.8 Å². The molecule has 0 radical (unpaired) electrons. The molecule has 0 saturated carbocycles. The van der Waals surface area contributed by atoms with Gasteiger partial charge >= 0.3 is 0 Å². The van der Waals surface area contributed by atoms with Crippen LogP contribution in [0.3, 0.4) is 0 Å². The maximum Gasteiger partial charge on any atom is 0.227 e. The van der Waals surface area contributed by atoms with E-state index in [0.29, 0.717) is 6.42 Å². The van der Waals surface area contributed by atoms with E-state index < -0.39 is 0 Å². The second kappa shape index (κ2) is 5.21. The molecular weight excluding hydrogens is 328 g/mol. The smallest absolute Gasteiger partial charge is 0.227 e. The van der Waals surface area contributed by atoms with Crippen LogP contribution >= 0.6 is 23.1 Å². The van der Waals surface area contributed by atoms with Gasteiger partial charge in [0.15, 0.2) is 5.78 Å². The molecule has 0 bridgehead atoms. The molecule has 5 nitrogen and oxygen atoms in total. The van der Waals surface area contributed by atoms with E-state index in [0.717, 1.165) is 33.7 Å².